The van der Waals surface area contributed by atoms with Gasteiger partial charge < -0.3 is 30.5 Å². The van der Waals surface area contributed by atoms with E-state index in [1.807, 2.05) is 62.5 Å². The van der Waals surface area contributed by atoms with Crippen LogP contribution in [0.3, 0.4) is 0 Å². The summed E-state index contributed by atoms with van der Waals surface area (Å²) in [7, 11) is 3.37. The Hall–Kier alpha value is -3.44. The maximum atomic E-state index is 13.6. The number of imidazole rings is 1. The second kappa shape index (κ2) is 12.0. The number of methoxy groups -OCH3 is 1. The highest BCUT2D eigenvalue weighted by atomic mass is 35.5. The fourth-order valence-corrected chi connectivity index (χ4v) is 6.17. The lowest BCUT2D eigenvalue weighted by Gasteiger charge is -2.33. The SMILES string of the molecule is COCC(C)(C(=O)NCCO)c1ccc2[nH]c([C@@H](NC(=O)C3=CCNN3C)C(c3ccccc3Cl)C3(C)CC3)nc2c1. The molecule has 1 aliphatic carbocycles. The zero-order valence-corrected chi connectivity index (χ0v) is 25.2. The van der Waals surface area contributed by atoms with Crippen LogP contribution in [0.25, 0.3) is 11.0 Å². The van der Waals surface area contributed by atoms with E-state index in [9.17, 15) is 14.7 Å². The summed E-state index contributed by atoms with van der Waals surface area (Å²) in [5, 5.41) is 17.7. The van der Waals surface area contributed by atoms with Gasteiger partial charge in [0.1, 0.15) is 11.5 Å². The largest absolute Gasteiger partial charge is 0.395 e. The number of fused-ring (bicyclic) bond motifs is 1. The molecule has 10 nitrogen and oxygen atoms in total. The number of H-pyrrole nitrogens is 1. The van der Waals surface area contributed by atoms with Crippen molar-refractivity contribution in [3.05, 3.63) is 76.2 Å². The Balaban J connectivity index is 1.59. The van der Waals surface area contributed by atoms with Crippen LogP contribution < -0.4 is 16.1 Å². The van der Waals surface area contributed by atoms with Crippen LogP contribution in [0.15, 0.2) is 54.2 Å². The zero-order chi connectivity index (χ0) is 30.1. The molecular weight excluding hydrogens is 556 g/mol. The lowest BCUT2D eigenvalue weighted by molar-refractivity contribution is -0.128. The molecule has 3 atom stereocenters. The maximum absolute atomic E-state index is 13.6. The normalized spacial score (nSPS) is 18.7. The molecule has 0 bridgehead atoms. The average molecular weight is 595 g/mol. The molecule has 2 heterocycles. The number of nitrogens with one attached hydrogen (secondary N) is 4. The number of halogens is 1. The number of benzene rings is 2. The monoisotopic (exact) mass is 594 g/mol. The third-order valence-corrected chi connectivity index (χ3v) is 8.98. The molecule has 5 rings (SSSR count). The molecule has 5 N–H and O–H groups in total. The third kappa shape index (κ3) is 5.76. The van der Waals surface area contributed by atoms with Crippen LogP contribution in [0.2, 0.25) is 5.02 Å². The Bertz CT molecular complexity index is 1500. The smallest absolute Gasteiger partial charge is 0.269 e. The average Bonchev–Trinajstić information content (AvgIpc) is 3.35. The fraction of sp³-hybridized carbons (Fsp3) is 0.452. The molecule has 42 heavy (non-hydrogen) atoms. The molecule has 1 aliphatic heterocycles. The molecule has 2 aromatic carbocycles. The summed E-state index contributed by atoms with van der Waals surface area (Å²) in [6, 6.07) is 12.9. The molecule has 0 radical (unpaired) electrons. The van der Waals surface area contributed by atoms with Crippen molar-refractivity contribution >= 4 is 34.4 Å². The van der Waals surface area contributed by atoms with Crippen LogP contribution in [0.4, 0.5) is 0 Å². The van der Waals surface area contributed by atoms with Crippen LogP contribution in [0.5, 0.6) is 0 Å². The first kappa shape index (κ1) is 30.0. The second-order valence-electron chi connectivity index (χ2n) is 11.7. The summed E-state index contributed by atoms with van der Waals surface area (Å²) in [5.41, 5.74) is 5.72. The van der Waals surface area contributed by atoms with Crippen molar-refractivity contribution in [3.63, 3.8) is 0 Å². The Kier molecular flexibility index (Phi) is 8.61. The lowest BCUT2D eigenvalue weighted by atomic mass is 9.78. The lowest BCUT2D eigenvalue weighted by Crippen LogP contribution is -2.46. The predicted molar refractivity (Wildman–Crippen MR) is 162 cm³/mol. The van der Waals surface area contributed by atoms with Crippen LogP contribution in [-0.2, 0) is 19.7 Å². The van der Waals surface area contributed by atoms with Gasteiger partial charge in [0.2, 0.25) is 5.91 Å². The van der Waals surface area contributed by atoms with Gasteiger partial charge in [-0.05, 0) is 60.6 Å². The quantitative estimate of drug-likeness (QED) is 0.217. The number of amides is 2. The molecule has 11 heteroatoms. The van der Waals surface area contributed by atoms with E-state index in [-0.39, 0.29) is 42.9 Å². The highest BCUT2D eigenvalue weighted by molar-refractivity contribution is 6.31. The highest BCUT2D eigenvalue weighted by Crippen LogP contribution is 2.60. The molecule has 0 saturated heterocycles. The minimum absolute atomic E-state index is 0.0802. The van der Waals surface area contributed by atoms with Crippen molar-refractivity contribution in [1.29, 1.82) is 0 Å². The summed E-state index contributed by atoms with van der Waals surface area (Å²) >= 11 is 6.78. The maximum Gasteiger partial charge on any atom is 0.269 e. The number of ether oxygens (including phenoxy) is 1. The summed E-state index contributed by atoms with van der Waals surface area (Å²) in [5.74, 6) is 0.0178. The van der Waals surface area contributed by atoms with Gasteiger partial charge in [0.25, 0.3) is 5.91 Å². The van der Waals surface area contributed by atoms with E-state index in [1.54, 1.807) is 12.1 Å². The minimum atomic E-state index is -1.00. The standard InChI is InChI=1S/C31H39ClN6O4/c1-30(12-13-30)25(20-7-5-6-8-21(20)32)26(37-28(40)24-11-14-34-38(24)3)27-35-22-10-9-19(17-23(22)36-27)31(2,18-42-4)29(41)33-15-16-39/h5-11,17,25-26,34,39H,12-16,18H2,1-4H3,(H,33,41)(H,35,36)(H,37,40)/t25?,26-,31?/m0/s1. The number of carbonyl (C=O) groups is 2. The minimum Gasteiger partial charge on any atom is -0.395 e. The summed E-state index contributed by atoms with van der Waals surface area (Å²) < 4.78 is 5.43. The van der Waals surface area contributed by atoms with Gasteiger partial charge in [-0.3, -0.25) is 9.59 Å². The molecule has 3 aromatic rings. The van der Waals surface area contributed by atoms with E-state index >= 15 is 0 Å². The molecule has 1 aromatic heterocycles. The number of carbonyl (C=O) groups excluding carboxylic acids is 2. The topological polar surface area (TPSA) is 132 Å². The first-order chi connectivity index (χ1) is 20.1. The van der Waals surface area contributed by atoms with E-state index < -0.39 is 11.5 Å². The Morgan fingerprint density at radius 1 is 1.26 bits per heavy atom. The van der Waals surface area contributed by atoms with Gasteiger partial charge in [0, 0.05) is 38.2 Å². The van der Waals surface area contributed by atoms with Gasteiger partial charge in [0.15, 0.2) is 0 Å². The van der Waals surface area contributed by atoms with Crippen LogP contribution in [-0.4, -0.2) is 72.4 Å². The van der Waals surface area contributed by atoms with E-state index in [4.69, 9.17) is 21.3 Å². The number of aliphatic hydroxyl groups is 1. The van der Waals surface area contributed by atoms with Gasteiger partial charge in [0.05, 0.1) is 35.7 Å². The number of rotatable bonds is 12. The predicted octanol–water partition coefficient (Wildman–Crippen LogP) is 3.30. The Morgan fingerprint density at radius 3 is 2.67 bits per heavy atom. The molecule has 2 amide bonds. The van der Waals surface area contributed by atoms with E-state index in [2.05, 4.69) is 28.0 Å². The highest BCUT2D eigenvalue weighted by Gasteiger charge is 2.51. The van der Waals surface area contributed by atoms with Gasteiger partial charge in [-0.2, -0.15) is 0 Å². The van der Waals surface area contributed by atoms with E-state index in [0.717, 1.165) is 29.5 Å². The molecule has 1 fully saturated rings. The van der Waals surface area contributed by atoms with Crippen molar-refractivity contribution in [3.8, 4) is 0 Å². The zero-order valence-electron chi connectivity index (χ0n) is 24.5. The molecule has 1 saturated carbocycles. The molecule has 0 spiro atoms. The Labute approximate surface area is 250 Å². The number of aromatic nitrogens is 2. The van der Waals surface area contributed by atoms with Gasteiger partial charge in [-0.1, -0.05) is 42.8 Å². The first-order valence-electron chi connectivity index (χ1n) is 14.2. The number of hydrogen-bond acceptors (Lipinski definition) is 7. The second-order valence-corrected chi connectivity index (χ2v) is 12.1. The van der Waals surface area contributed by atoms with Crippen LogP contribution in [0, 0.1) is 5.41 Å². The van der Waals surface area contributed by atoms with Crippen molar-refractivity contribution in [2.45, 2.75) is 44.1 Å². The van der Waals surface area contributed by atoms with Crippen LogP contribution >= 0.6 is 11.6 Å². The summed E-state index contributed by atoms with van der Waals surface area (Å²) in [6.07, 6.45) is 3.86. The third-order valence-electron chi connectivity index (χ3n) is 8.63. The number of hydrazine groups is 1. The Morgan fingerprint density at radius 2 is 2.02 bits per heavy atom. The van der Waals surface area contributed by atoms with Gasteiger partial charge in [-0.15, -0.1) is 0 Å². The number of aliphatic hydroxyl groups excluding tert-OH is 1. The van der Waals surface area contributed by atoms with Crippen molar-refractivity contribution in [2.75, 3.05) is 40.5 Å². The fourth-order valence-electron chi connectivity index (χ4n) is 5.91. The number of hydrogen-bond donors (Lipinski definition) is 5. The first-order valence-corrected chi connectivity index (χ1v) is 14.6. The van der Waals surface area contributed by atoms with Gasteiger partial charge in [-0.25, -0.2) is 10.4 Å². The summed E-state index contributed by atoms with van der Waals surface area (Å²) in [4.78, 5) is 35.2. The molecule has 2 unspecified atom stereocenters. The van der Waals surface area contributed by atoms with E-state index in [0.29, 0.717) is 28.6 Å². The van der Waals surface area contributed by atoms with Crippen LogP contribution in [0.1, 0.15) is 55.6 Å². The van der Waals surface area contributed by atoms with Crippen molar-refractivity contribution in [1.82, 2.24) is 31.0 Å². The van der Waals surface area contributed by atoms with Gasteiger partial charge >= 0.3 is 0 Å². The summed E-state index contributed by atoms with van der Waals surface area (Å²) in [6.45, 7) is 4.76. The van der Waals surface area contributed by atoms with E-state index in [1.165, 1.54) is 0 Å². The molecule has 224 valence electrons. The van der Waals surface area contributed by atoms with Crippen molar-refractivity contribution in [2.24, 2.45) is 5.41 Å². The molecule has 2 aliphatic rings. The van der Waals surface area contributed by atoms with Crippen molar-refractivity contribution < 1.29 is 19.4 Å². The molecular formula is C31H39ClN6O4. The number of likely N-dealkylation sites (N-methyl/N-ethyl adjacent to an activating group) is 1. The number of aromatic amines is 1. The number of nitrogens with zero attached hydrogens (tertiary/aromatic N) is 2.